The second-order valence-corrected chi connectivity index (χ2v) is 5.84. The molecule has 0 fully saturated rings. The van der Waals surface area contributed by atoms with Crippen LogP contribution in [0.4, 0.5) is 0 Å². The molecule has 1 rings (SSSR count). The van der Waals surface area contributed by atoms with E-state index in [0.29, 0.717) is 10.0 Å². The van der Waals surface area contributed by atoms with E-state index in [1.54, 1.807) is 26.0 Å². The molecule has 0 unspecified atom stereocenters. The number of aromatic hydroxyl groups is 1. The summed E-state index contributed by atoms with van der Waals surface area (Å²) in [6, 6.07) is 2.45. The van der Waals surface area contributed by atoms with E-state index in [9.17, 15) is 9.90 Å². The lowest BCUT2D eigenvalue weighted by Gasteiger charge is -2.29. The van der Waals surface area contributed by atoms with Gasteiger partial charge in [-0.2, -0.15) is 0 Å². The number of ether oxygens (including phenoxy) is 1. The highest BCUT2D eigenvalue weighted by atomic mass is 79.9. The molecule has 6 heteroatoms. The molecule has 18 heavy (non-hydrogen) atoms. The molecule has 0 aliphatic carbocycles. The van der Waals surface area contributed by atoms with Crippen molar-refractivity contribution in [3.05, 3.63) is 27.2 Å². The lowest BCUT2D eigenvalue weighted by atomic mass is 9.81. The molecule has 0 radical (unpaired) electrons. The molecule has 3 N–H and O–H groups in total. The zero-order valence-electron chi connectivity index (χ0n) is 10.3. The van der Waals surface area contributed by atoms with Gasteiger partial charge in [0.15, 0.2) is 0 Å². The number of halogens is 2. The Balaban J connectivity index is 3.26. The summed E-state index contributed by atoms with van der Waals surface area (Å²) >= 11 is 9.14. The molecule has 0 amide bonds. The Morgan fingerprint density at radius 2 is 2.11 bits per heavy atom. The van der Waals surface area contributed by atoms with Gasteiger partial charge in [0.2, 0.25) is 0 Å². The lowest BCUT2D eigenvalue weighted by Crippen LogP contribution is -2.37. The van der Waals surface area contributed by atoms with Gasteiger partial charge in [-0.1, -0.05) is 27.5 Å². The van der Waals surface area contributed by atoms with E-state index < -0.39 is 17.4 Å². The molecular weight excluding hydrogens is 321 g/mol. The largest absolute Gasteiger partial charge is 0.506 e. The maximum Gasteiger partial charge on any atom is 0.313 e. The van der Waals surface area contributed by atoms with Crippen LogP contribution < -0.4 is 5.73 Å². The van der Waals surface area contributed by atoms with Gasteiger partial charge >= 0.3 is 5.97 Å². The van der Waals surface area contributed by atoms with E-state index in [-0.39, 0.29) is 10.8 Å². The number of carbonyl (C=O) groups is 1. The highest BCUT2D eigenvalue weighted by Gasteiger charge is 2.38. The van der Waals surface area contributed by atoms with Crippen LogP contribution >= 0.6 is 27.5 Å². The summed E-state index contributed by atoms with van der Waals surface area (Å²) in [5.41, 5.74) is 5.47. The molecule has 0 heterocycles. The first-order chi connectivity index (χ1) is 8.21. The molecule has 4 nitrogen and oxygen atoms in total. The molecule has 0 bridgehead atoms. The predicted molar refractivity (Wildman–Crippen MR) is 73.5 cm³/mol. The minimum absolute atomic E-state index is 0.121. The van der Waals surface area contributed by atoms with Crippen molar-refractivity contribution >= 4 is 33.5 Å². The minimum Gasteiger partial charge on any atom is -0.506 e. The van der Waals surface area contributed by atoms with E-state index in [0.717, 1.165) is 0 Å². The summed E-state index contributed by atoms with van der Waals surface area (Å²) < 4.78 is 5.39. The fourth-order valence-corrected chi connectivity index (χ4v) is 2.44. The van der Waals surface area contributed by atoms with Crippen molar-refractivity contribution in [2.45, 2.75) is 19.9 Å². The number of nitrogens with two attached hydrogens (primary N) is 1. The van der Waals surface area contributed by atoms with Crippen LogP contribution in [0.5, 0.6) is 5.75 Å². The second-order valence-electron chi connectivity index (χ2n) is 4.52. The summed E-state index contributed by atoms with van der Waals surface area (Å²) in [6.45, 7) is 3.30. The number of hydrogen-bond donors (Lipinski definition) is 2. The van der Waals surface area contributed by atoms with E-state index in [1.165, 1.54) is 7.11 Å². The smallest absolute Gasteiger partial charge is 0.313 e. The van der Waals surface area contributed by atoms with E-state index in [1.807, 2.05) is 0 Å². The highest BCUT2D eigenvalue weighted by Crippen LogP contribution is 2.41. The van der Waals surface area contributed by atoms with Crippen LogP contribution in [-0.4, -0.2) is 18.2 Å². The number of hydrogen-bond acceptors (Lipinski definition) is 4. The fraction of sp³-hybridized carbons (Fsp3) is 0.417. The van der Waals surface area contributed by atoms with Gasteiger partial charge in [-0.25, -0.2) is 0 Å². The average molecular weight is 337 g/mol. The Hall–Kier alpha value is -0.780. The van der Waals surface area contributed by atoms with Crippen LogP contribution in [0, 0.1) is 5.41 Å². The number of phenols is 1. The second kappa shape index (κ2) is 5.47. The van der Waals surface area contributed by atoms with E-state index in [2.05, 4.69) is 15.9 Å². The van der Waals surface area contributed by atoms with Gasteiger partial charge in [0.05, 0.1) is 17.5 Å². The number of phenolic OH excluding ortho intramolecular Hbond substituents is 1. The number of rotatable bonds is 3. The molecule has 0 aliphatic heterocycles. The zero-order valence-corrected chi connectivity index (χ0v) is 12.7. The van der Waals surface area contributed by atoms with E-state index >= 15 is 0 Å². The molecule has 0 spiro atoms. The SMILES string of the molecule is COC(=O)C(C)(C)[C@H](N)c1cc(Br)cc(Cl)c1O. The van der Waals surface area contributed by atoms with Crippen molar-refractivity contribution in [2.24, 2.45) is 11.1 Å². The van der Waals surface area contributed by atoms with Gasteiger partial charge in [-0.05, 0) is 26.0 Å². The maximum atomic E-state index is 11.7. The number of carbonyl (C=O) groups excluding carboxylic acids is 1. The molecule has 1 aromatic rings. The maximum absolute atomic E-state index is 11.7. The minimum atomic E-state index is -0.976. The Morgan fingerprint density at radius 1 is 1.56 bits per heavy atom. The van der Waals surface area contributed by atoms with Gasteiger partial charge in [0, 0.05) is 16.1 Å². The predicted octanol–water partition coefficient (Wildman–Crippen LogP) is 3.01. The van der Waals surface area contributed by atoms with Crippen LogP contribution in [0.1, 0.15) is 25.5 Å². The Labute approximate surface area is 119 Å². The summed E-state index contributed by atoms with van der Waals surface area (Å²) in [6.07, 6.45) is 0. The normalized spacial score (nSPS) is 13.2. The van der Waals surface area contributed by atoms with Crippen molar-refractivity contribution in [1.82, 2.24) is 0 Å². The van der Waals surface area contributed by atoms with E-state index in [4.69, 9.17) is 22.1 Å². The first-order valence-corrected chi connectivity index (χ1v) is 6.40. The van der Waals surface area contributed by atoms with Crippen molar-refractivity contribution in [1.29, 1.82) is 0 Å². The van der Waals surface area contributed by atoms with Crippen molar-refractivity contribution in [2.75, 3.05) is 7.11 Å². The van der Waals surface area contributed by atoms with Gasteiger partial charge in [-0.15, -0.1) is 0 Å². The van der Waals surface area contributed by atoms with Gasteiger partial charge < -0.3 is 15.6 Å². The number of methoxy groups -OCH3 is 1. The van der Waals surface area contributed by atoms with Gasteiger partial charge in [-0.3, -0.25) is 4.79 Å². The number of benzene rings is 1. The Bertz CT molecular complexity index is 477. The monoisotopic (exact) mass is 335 g/mol. The highest BCUT2D eigenvalue weighted by molar-refractivity contribution is 9.10. The van der Waals surface area contributed by atoms with Crippen molar-refractivity contribution in [3.63, 3.8) is 0 Å². The van der Waals surface area contributed by atoms with Gasteiger partial charge in [0.1, 0.15) is 5.75 Å². The average Bonchev–Trinajstić information content (AvgIpc) is 2.31. The summed E-state index contributed by atoms with van der Waals surface area (Å²) in [7, 11) is 1.30. The quantitative estimate of drug-likeness (QED) is 0.832. The van der Waals surface area contributed by atoms with Crippen LogP contribution in [0.15, 0.2) is 16.6 Å². The third-order valence-corrected chi connectivity index (χ3v) is 3.63. The Kier molecular flexibility index (Phi) is 4.64. The third-order valence-electron chi connectivity index (χ3n) is 2.88. The summed E-state index contributed by atoms with van der Waals surface area (Å²) in [5, 5.41) is 10.1. The molecule has 1 aromatic carbocycles. The lowest BCUT2D eigenvalue weighted by molar-refractivity contribution is -0.152. The molecule has 1 atom stereocenters. The Morgan fingerprint density at radius 3 is 2.61 bits per heavy atom. The molecule has 0 saturated heterocycles. The van der Waals surface area contributed by atoms with Crippen molar-refractivity contribution < 1.29 is 14.6 Å². The third kappa shape index (κ3) is 2.79. The van der Waals surface area contributed by atoms with Crippen LogP contribution in [0.2, 0.25) is 5.02 Å². The molecular formula is C12H15BrClNO3. The summed E-state index contributed by atoms with van der Waals surface area (Å²) in [4.78, 5) is 11.7. The topological polar surface area (TPSA) is 72.5 Å². The summed E-state index contributed by atoms with van der Waals surface area (Å²) in [5.74, 6) is -0.574. The molecule has 0 aliphatic rings. The van der Waals surface area contributed by atoms with Crippen molar-refractivity contribution in [3.8, 4) is 5.75 Å². The zero-order chi connectivity index (χ0) is 14.1. The molecule has 0 aromatic heterocycles. The standard InChI is InChI=1S/C12H15BrClNO3/c1-12(2,11(17)18-3)10(15)7-4-6(13)5-8(14)9(7)16/h4-5,10,16H,15H2,1-3H3/t10-/m1/s1. The fourth-order valence-electron chi connectivity index (χ4n) is 1.60. The van der Waals surface area contributed by atoms with Crippen LogP contribution in [-0.2, 0) is 9.53 Å². The van der Waals surface area contributed by atoms with Crippen LogP contribution in [0.3, 0.4) is 0 Å². The first kappa shape index (κ1) is 15.3. The molecule has 100 valence electrons. The number of esters is 1. The van der Waals surface area contributed by atoms with Gasteiger partial charge in [0.25, 0.3) is 0 Å². The first-order valence-electron chi connectivity index (χ1n) is 5.23. The van der Waals surface area contributed by atoms with Crippen LogP contribution in [0.25, 0.3) is 0 Å². The molecule has 0 saturated carbocycles.